The van der Waals surface area contributed by atoms with E-state index in [0.29, 0.717) is 10.4 Å². The standard InChI is InChI=1S/C21H16BrF3N2O4/c1-27(20(29)17-9-10-18(22)31-17)16-8-3-2-7-15(16)19(28)26-13-5-4-6-14(11-13)30-12-21(23,24)25/h2-11H,12H2,1H3,(H,26,28). The van der Waals surface area contributed by atoms with Crippen LogP contribution >= 0.6 is 15.9 Å². The van der Waals surface area contributed by atoms with Crippen LogP contribution in [0.5, 0.6) is 5.75 Å². The van der Waals surface area contributed by atoms with Gasteiger partial charge >= 0.3 is 6.18 Å². The number of hydrogen-bond acceptors (Lipinski definition) is 4. The van der Waals surface area contributed by atoms with Crippen molar-refractivity contribution in [1.29, 1.82) is 0 Å². The quantitative estimate of drug-likeness (QED) is 0.488. The molecule has 1 N–H and O–H groups in total. The van der Waals surface area contributed by atoms with Crippen molar-refractivity contribution >= 4 is 39.1 Å². The molecule has 3 aromatic rings. The summed E-state index contributed by atoms with van der Waals surface area (Å²) < 4.78 is 47.4. The van der Waals surface area contributed by atoms with Crippen molar-refractivity contribution in [3.8, 4) is 5.75 Å². The van der Waals surface area contributed by atoms with Crippen molar-refractivity contribution in [2.24, 2.45) is 0 Å². The summed E-state index contributed by atoms with van der Waals surface area (Å²) >= 11 is 3.13. The van der Waals surface area contributed by atoms with Crippen LogP contribution in [0.25, 0.3) is 0 Å². The first-order valence-electron chi connectivity index (χ1n) is 8.87. The second-order valence-electron chi connectivity index (χ2n) is 6.37. The zero-order chi connectivity index (χ0) is 22.6. The zero-order valence-corrected chi connectivity index (χ0v) is 17.7. The number of carbonyl (C=O) groups is 2. The van der Waals surface area contributed by atoms with Gasteiger partial charge in [-0.3, -0.25) is 9.59 Å². The lowest BCUT2D eigenvalue weighted by atomic mass is 10.1. The normalized spacial score (nSPS) is 11.1. The molecule has 0 atom stereocenters. The molecule has 2 aromatic carbocycles. The van der Waals surface area contributed by atoms with E-state index >= 15 is 0 Å². The van der Waals surface area contributed by atoms with E-state index in [1.54, 1.807) is 24.3 Å². The minimum absolute atomic E-state index is 0.0425. The Hall–Kier alpha value is -3.27. The van der Waals surface area contributed by atoms with Gasteiger partial charge in [-0.05, 0) is 52.3 Å². The number of rotatable bonds is 6. The zero-order valence-electron chi connectivity index (χ0n) is 16.1. The first-order chi connectivity index (χ1) is 14.6. The predicted molar refractivity (Wildman–Crippen MR) is 112 cm³/mol. The van der Waals surface area contributed by atoms with Crippen LogP contribution in [0, 0.1) is 0 Å². The summed E-state index contributed by atoms with van der Waals surface area (Å²) in [4.78, 5) is 26.8. The number of furan rings is 1. The summed E-state index contributed by atoms with van der Waals surface area (Å²) in [6, 6.07) is 15.1. The van der Waals surface area contributed by atoms with Gasteiger partial charge in [-0.1, -0.05) is 18.2 Å². The SMILES string of the molecule is CN(C(=O)c1ccc(Br)o1)c1ccccc1C(=O)Nc1cccc(OCC(F)(F)F)c1. The van der Waals surface area contributed by atoms with Crippen molar-refractivity contribution in [2.45, 2.75) is 6.18 Å². The summed E-state index contributed by atoms with van der Waals surface area (Å²) in [6.45, 7) is -1.44. The molecule has 0 fully saturated rings. The first-order valence-corrected chi connectivity index (χ1v) is 9.67. The van der Waals surface area contributed by atoms with Crippen LogP contribution in [0.3, 0.4) is 0 Å². The first kappa shape index (κ1) is 22.4. The molecule has 0 radical (unpaired) electrons. The summed E-state index contributed by atoms with van der Waals surface area (Å²) in [5.74, 6) is -0.976. The number of nitrogens with one attached hydrogen (secondary N) is 1. The largest absolute Gasteiger partial charge is 0.484 e. The highest BCUT2D eigenvalue weighted by Gasteiger charge is 2.28. The van der Waals surface area contributed by atoms with Gasteiger partial charge < -0.3 is 19.4 Å². The number of nitrogens with zero attached hydrogens (tertiary/aromatic N) is 1. The molecular weight excluding hydrogens is 481 g/mol. The third-order valence-electron chi connectivity index (χ3n) is 4.09. The van der Waals surface area contributed by atoms with Gasteiger partial charge in [0.05, 0.1) is 11.3 Å². The smallest absolute Gasteiger partial charge is 0.422 e. The van der Waals surface area contributed by atoms with Crippen LogP contribution < -0.4 is 15.0 Å². The third-order valence-corrected chi connectivity index (χ3v) is 4.52. The highest BCUT2D eigenvalue weighted by atomic mass is 79.9. The molecule has 0 unspecified atom stereocenters. The maximum atomic E-state index is 12.8. The lowest BCUT2D eigenvalue weighted by molar-refractivity contribution is -0.153. The summed E-state index contributed by atoms with van der Waals surface area (Å²) in [5, 5.41) is 2.60. The lowest BCUT2D eigenvalue weighted by Crippen LogP contribution is -2.28. The van der Waals surface area contributed by atoms with Gasteiger partial charge in [-0.15, -0.1) is 0 Å². The molecule has 0 aliphatic heterocycles. The number of ether oxygens (including phenoxy) is 1. The molecule has 162 valence electrons. The average molecular weight is 497 g/mol. The topological polar surface area (TPSA) is 71.8 Å². The van der Waals surface area contributed by atoms with Crippen LogP contribution in [0.1, 0.15) is 20.9 Å². The van der Waals surface area contributed by atoms with Crippen LogP contribution in [-0.2, 0) is 0 Å². The van der Waals surface area contributed by atoms with E-state index in [-0.39, 0.29) is 22.8 Å². The Kier molecular flexibility index (Phi) is 6.69. The fourth-order valence-electron chi connectivity index (χ4n) is 2.69. The van der Waals surface area contributed by atoms with Gasteiger partial charge in [-0.2, -0.15) is 13.2 Å². The fraction of sp³-hybridized carbons (Fsp3) is 0.143. The van der Waals surface area contributed by atoms with E-state index in [9.17, 15) is 22.8 Å². The maximum Gasteiger partial charge on any atom is 0.422 e. The number of amides is 2. The van der Waals surface area contributed by atoms with Crippen LogP contribution in [0.4, 0.5) is 24.5 Å². The number of benzene rings is 2. The van der Waals surface area contributed by atoms with Crippen LogP contribution in [-0.4, -0.2) is 31.6 Å². The Balaban J connectivity index is 1.78. The van der Waals surface area contributed by atoms with Crippen molar-refractivity contribution in [3.05, 3.63) is 76.7 Å². The van der Waals surface area contributed by atoms with Crippen molar-refractivity contribution < 1.29 is 31.9 Å². The van der Waals surface area contributed by atoms with Crippen LogP contribution in [0.15, 0.2) is 69.8 Å². The number of halogens is 4. The summed E-state index contributed by atoms with van der Waals surface area (Å²) in [5.41, 5.74) is 0.746. The third kappa shape index (κ3) is 5.88. The summed E-state index contributed by atoms with van der Waals surface area (Å²) in [7, 11) is 1.50. The van der Waals surface area contributed by atoms with Gasteiger partial charge in [0.2, 0.25) is 0 Å². The molecule has 0 aliphatic rings. The Labute approximate surface area is 183 Å². The fourth-order valence-corrected chi connectivity index (χ4v) is 3.00. The molecule has 0 saturated carbocycles. The minimum Gasteiger partial charge on any atom is -0.484 e. The predicted octanol–water partition coefficient (Wildman–Crippen LogP) is 5.51. The van der Waals surface area contributed by atoms with Gasteiger partial charge in [0.1, 0.15) is 5.75 Å². The Bertz CT molecular complexity index is 1100. The van der Waals surface area contributed by atoms with Crippen molar-refractivity contribution in [2.75, 3.05) is 23.9 Å². The molecule has 0 saturated heterocycles. The molecule has 10 heteroatoms. The second kappa shape index (κ2) is 9.25. The molecule has 31 heavy (non-hydrogen) atoms. The Morgan fingerprint density at radius 2 is 1.84 bits per heavy atom. The van der Waals surface area contributed by atoms with Crippen LogP contribution in [0.2, 0.25) is 0 Å². The number of para-hydroxylation sites is 1. The number of carbonyl (C=O) groups excluding carboxylic acids is 2. The van der Waals surface area contributed by atoms with Gasteiger partial charge in [0.15, 0.2) is 17.0 Å². The molecule has 6 nitrogen and oxygen atoms in total. The minimum atomic E-state index is -4.47. The molecule has 0 aliphatic carbocycles. The van der Waals surface area contributed by atoms with E-state index in [0.717, 1.165) is 0 Å². The number of alkyl halides is 3. The Morgan fingerprint density at radius 3 is 2.52 bits per heavy atom. The van der Waals surface area contributed by atoms with E-state index in [1.807, 2.05) is 0 Å². The van der Waals surface area contributed by atoms with Gasteiger partial charge in [-0.25, -0.2) is 0 Å². The van der Waals surface area contributed by atoms with Gasteiger partial charge in [0, 0.05) is 18.8 Å². The lowest BCUT2D eigenvalue weighted by Gasteiger charge is -2.19. The van der Waals surface area contributed by atoms with E-state index in [2.05, 4.69) is 21.2 Å². The van der Waals surface area contributed by atoms with E-state index < -0.39 is 24.6 Å². The van der Waals surface area contributed by atoms with Crippen molar-refractivity contribution in [1.82, 2.24) is 0 Å². The van der Waals surface area contributed by atoms with E-state index in [4.69, 9.17) is 9.15 Å². The molecule has 0 bridgehead atoms. The molecule has 2 amide bonds. The van der Waals surface area contributed by atoms with E-state index in [1.165, 1.54) is 48.3 Å². The average Bonchev–Trinajstić information content (AvgIpc) is 3.17. The molecule has 1 aromatic heterocycles. The molecule has 0 spiro atoms. The highest BCUT2D eigenvalue weighted by molar-refractivity contribution is 9.10. The Morgan fingerprint density at radius 1 is 1.10 bits per heavy atom. The molecular formula is C21H16BrF3N2O4. The highest BCUT2D eigenvalue weighted by Crippen LogP contribution is 2.25. The number of anilines is 2. The van der Waals surface area contributed by atoms with Crippen molar-refractivity contribution in [3.63, 3.8) is 0 Å². The summed E-state index contributed by atoms with van der Waals surface area (Å²) in [6.07, 6.45) is -4.47. The second-order valence-corrected chi connectivity index (χ2v) is 7.15. The monoisotopic (exact) mass is 496 g/mol. The molecule has 3 rings (SSSR count). The molecule has 1 heterocycles. The number of hydrogen-bond donors (Lipinski definition) is 1. The maximum absolute atomic E-state index is 12.8. The van der Waals surface area contributed by atoms with Gasteiger partial charge in [0.25, 0.3) is 11.8 Å².